The van der Waals surface area contributed by atoms with Crippen molar-refractivity contribution in [3.63, 3.8) is 0 Å². The summed E-state index contributed by atoms with van der Waals surface area (Å²) in [6.45, 7) is 5.46. The van der Waals surface area contributed by atoms with Crippen LogP contribution in [-0.4, -0.2) is 32.4 Å². The maximum atomic E-state index is 11.6. The van der Waals surface area contributed by atoms with Gasteiger partial charge in [0.25, 0.3) is 5.91 Å². The number of hydrogen-bond acceptors (Lipinski definition) is 5. The summed E-state index contributed by atoms with van der Waals surface area (Å²) in [5, 5.41) is 12.5. The monoisotopic (exact) mass is 286 g/mol. The van der Waals surface area contributed by atoms with Crippen LogP contribution in [0.3, 0.4) is 0 Å². The zero-order valence-corrected chi connectivity index (χ0v) is 12.4. The summed E-state index contributed by atoms with van der Waals surface area (Å²) < 4.78 is 1.75. The van der Waals surface area contributed by atoms with Gasteiger partial charge in [-0.3, -0.25) is 9.48 Å². The number of rotatable bonds is 2. The quantitative estimate of drug-likeness (QED) is 0.867. The van der Waals surface area contributed by atoms with E-state index in [9.17, 15) is 4.79 Å². The van der Waals surface area contributed by atoms with Gasteiger partial charge in [0.2, 0.25) is 0 Å². The van der Waals surface area contributed by atoms with Crippen molar-refractivity contribution in [3.05, 3.63) is 34.3 Å². The van der Waals surface area contributed by atoms with Crippen molar-refractivity contribution in [2.75, 3.05) is 11.4 Å². The number of aromatic nitrogens is 4. The highest BCUT2D eigenvalue weighted by Gasteiger charge is 2.27. The minimum atomic E-state index is -0.485. The summed E-state index contributed by atoms with van der Waals surface area (Å²) in [7, 11) is 1.85. The van der Waals surface area contributed by atoms with Crippen LogP contribution >= 0.6 is 0 Å². The number of amides is 1. The van der Waals surface area contributed by atoms with E-state index in [4.69, 9.17) is 5.73 Å². The third kappa shape index (κ3) is 2.14. The molecule has 0 unspecified atom stereocenters. The molecule has 2 N–H and O–H groups in total. The van der Waals surface area contributed by atoms with Crippen LogP contribution in [0, 0.1) is 13.8 Å². The molecule has 0 radical (unpaired) electrons. The summed E-state index contributed by atoms with van der Waals surface area (Å²) in [5.41, 5.74) is 9.97. The molecule has 0 atom stereocenters. The molecule has 0 aromatic carbocycles. The number of primary amides is 1. The molecule has 3 heterocycles. The van der Waals surface area contributed by atoms with Gasteiger partial charge < -0.3 is 10.6 Å². The fraction of sp³-hybridized carbons (Fsp3) is 0.429. The minimum Gasteiger partial charge on any atom is -0.364 e. The van der Waals surface area contributed by atoms with E-state index in [1.165, 1.54) is 0 Å². The molecule has 110 valence electrons. The number of nitrogens with zero attached hydrogens (tertiary/aromatic N) is 5. The van der Waals surface area contributed by atoms with Gasteiger partial charge in [0, 0.05) is 37.8 Å². The molecule has 2 aromatic rings. The Hall–Kier alpha value is -2.44. The second kappa shape index (κ2) is 4.83. The first kappa shape index (κ1) is 13.5. The molecule has 1 amide bonds. The van der Waals surface area contributed by atoms with E-state index in [0.717, 1.165) is 41.2 Å². The predicted molar refractivity (Wildman–Crippen MR) is 78.0 cm³/mol. The number of aryl methyl sites for hydroxylation is 2. The van der Waals surface area contributed by atoms with Crippen LogP contribution in [0.4, 0.5) is 5.82 Å². The summed E-state index contributed by atoms with van der Waals surface area (Å²) in [5.74, 6) is 0.376. The SMILES string of the molecule is Cc1cnnc(N2CCc3c(c(C(N)=O)nn3C)C2)c1C. The Bertz CT molecular complexity index is 720. The molecule has 0 spiro atoms. The van der Waals surface area contributed by atoms with Crippen LogP contribution in [0.5, 0.6) is 0 Å². The standard InChI is InChI=1S/C14H18N6O/c1-8-6-16-17-14(9(8)2)20-5-4-11-10(7-20)12(13(15)21)18-19(11)3/h6H,4-5,7H2,1-3H3,(H2,15,21). The van der Waals surface area contributed by atoms with Crippen molar-refractivity contribution in [1.82, 2.24) is 20.0 Å². The fourth-order valence-corrected chi connectivity index (χ4v) is 2.79. The number of hydrogen-bond donors (Lipinski definition) is 1. The minimum absolute atomic E-state index is 0.357. The summed E-state index contributed by atoms with van der Waals surface area (Å²) in [4.78, 5) is 13.7. The average molecular weight is 286 g/mol. The van der Waals surface area contributed by atoms with Crippen LogP contribution in [-0.2, 0) is 20.0 Å². The van der Waals surface area contributed by atoms with Crippen molar-refractivity contribution >= 4 is 11.7 Å². The van der Waals surface area contributed by atoms with Crippen molar-refractivity contribution in [2.45, 2.75) is 26.8 Å². The first-order chi connectivity index (χ1) is 9.99. The zero-order valence-electron chi connectivity index (χ0n) is 12.4. The molecular weight excluding hydrogens is 268 g/mol. The third-order valence-corrected chi connectivity index (χ3v) is 4.11. The number of fused-ring (bicyclic) bond motifs is 1. The molecular formula is C14H18N6O. The fourth-order valence-electron chi connectivity index (χ4n) is 2.79. The highest BCUT2D eigenvalue weighted by molar-refractivity contribution is 5.92. The lowest BCUT2D eigenvalue weighted by Crippen LogP contribution is -2.33. The number of carbonyl (C=O) groups excluding carboxylic acids is 1. The summed E-state index contributed by atoms with van der Waals surface area (Å²) in [6.07, 6.45) is 2.56. The maximum absolute atomic E-state index is 11.6. The van der Waals surface area contributed by atoms with Gasteiger partial charge in [-0.25, -0.2) is 0 Å². The Morgan fingerprint density at radius 3 is 2.86 bits per heavy atom. The van der Waals surface area contributed by atoms with E-state index >= 15 is 0 Å². The lowest BCUT2D eigenvalue weighted by atomic mass is 10.0. The van der Waals surface area contributed by atoms with Gasteiger partial charge in [-0.15, -0.1) is 5.10 Å². The molecule has 7 heteroatoms. The van der Waals surface area contributed by atoms with Gasteiger partial charge >= 0.3 is 0 Å². The van der Waals surface area contributed by atoms with Crippen molar-refractivity contribution in [2.24, 2.45) is 12.8 Å². The zero-order chi connectivity index (χ0) is 15.1. The van der Waals surface area contributed by atoms with Gasteiger partial charge in [-0.1, -0.05) is 0 Å². The Kier molecular flexibility index (Phi) is 3.12. The third-order valence-electron chi connectivity index (χ3n) is 4.11. The highest BCUT2D eigenvalue weighted by Crippen LogP contribution is 2.27. The smallest absolute Gasteiger partial charge is 0.269 e. The van der Waals surface area contributed by atoms with Gasteiger partial charge in [0.1, 0.15) is 0 Å². The molecule has 0 bridgehead atoms. The van der Waals surface area contributed by atoms with Gasteiger partial charge in [0.05, 0.1) is 6.20 Å². The molecule has 7 nitrogen and oxygen atoms in total. The van der Waals surface area contributed by atoms with E-state index in [2.05, 4.69) is 20.2 Å². The van der Waals surface area contributed by atoms with Gasteiger partial charge in [-0.2, -0.15) is 10.2 Å². The molecule has 3 rings (SSSR count). The first-order valence-corrected chi connectivity index (χ1v) is 6.87. The molecule has 1 aliphatic heterocycles. The van der Waals surface area contributed by atoms with Crippen molar-refractivity contribution in [1.29, 1.82) is 0 Å². The molecule has 21 heavy (non-hydrogen) atoms. The second-order valence-corrected chi connectivity index (χ2v) is 5.41. The molecule has 1 aliphatic rings. The van der Waals surface area contributed by atoms with Gasteiger partial charge in [-0.05, 0) is 25.0 Å². The first-order valence-electron chi connectivity index (χ1n) is 6.87. The van der Waals surface area contributed by atoms with Crippen LogP contribution in [0.25, 0.3) is 0 Å². The van der Waals surface area contributed by atoms with E-state index in [-0.39, 0.29) is 0 Å². The predicted octanol–water partition coefficient (Wildman–Crippen LogP) is 0.489. The normalized spacial score (nSPS) is 14.1. The maximum Gasteiger partial charge on any atom is 0.269 e. The Balaban J connectivity index is 2.01. The molecule has 0 fully saturated rings. The number of nitrogens with two attached hydrogens (primary N) is 1. The average Bonchev–Trinajstić information content (AvgIpc) is 2.79. The number of carbonyl (C=O) groups is 1. The van der Waals surface area contributed by atoms with Crippen LogP contribution < -0.4 is 10.6 Å². The van der Waals surface area contributed by atoms with E-state index < -0.39 is 5.91 Å². The summed E-state index contributed by atoms with van der Waals surface area (Å²) in [6, 6.07) is 0. The van der Waals surface area contributed by atoms with Crippen LogP contribution in [0.15, 0.2) is 6.20 Å². The Labute approximate surface area is 122 Å². The second-order valence-electron chi connectivity index (χ2n) is 5.41. The van der Waals surface area contributed by atoms with Crippen molar-refractivity contribution in [3.8, 4) is 0 Å². The Morgan fingerprint density at radius 2 is 2.14 bits per heavy atom. The topological polar surface area (TPSA) is 89.9 Å². The van der Waals surface area contributed by atoms with Crippen LogP contribution in [0.2, 0.25) is 0 Å². The van der Waals surface area contributed by atoms with E-state index in [0.29, 0.717) is 12.2 Å². The lowest BCUT2D eigenvalue weighted by Gasteiger charge is -2.29. The van der Waals surface area contributed by atoms with E-state index in [1.54, 1.807) is 10.9 Å². The molecule has 0 saturated heterocycles. The lowest BCUT2D eigenvalue weighted by molar-refractivity contribution is 0.0994. The van der Waals surface area contributed by atoms with Crippen molar-refractivity contribution < 1.29 is 4.79 Å². The van der Waals surface area contributed by atoms with E-state index in [1.807, 2.05) is 20.9 Å². The highest BCUT2D eigenvalue weighted by atomic mass is 16.1. The molecule has 0 aliphatic carbocycles. The number of anilines is 1. The largest absolute Gasteiger partial charge is 0.364 e. The molecule has 2 aromatic heterocycles. The Morgan fingerprint density at radius 1 is 1.38 bits per heavy atom. The summed E-state index contributed by atoms with van der Waals surface area (Å²) >= 11 is 0. The molecule has 0 saturated carbocycles. The van der Waals surface area contributed by atoms with Gasteiger partial charge in [0.15, 0.2) is 11.5 Å². The van der Waals surface area contributed by atoms with Crippen LogP contribution in [0.1, 0.15) is 32.9 Å².